The van der Waals surface area contributed by atoms with E-state index in [1.165, 1.54) is 0 Å². The Kier molecular flexibility index (Phi) is 2.49. The Morgan fingerprint density at radius 3 is 1.42 bits per heavy atom. The third-order valence-corrected chi connectivity index (χ3v) is 3.95. The van der Waals surface area contributed by atoms with Gasteiger partial charge in [0.2, 0.25) is 0 Å². The molecule has 0 nitrogen and oxygen atoms in total. The maximum Gasteiger partial charge on any atom is 0.0305 e. The highest BCUT2D eigenvalue weighted by Crippen LogP contribution is 2.30. The van der Waals surface area contributed by atoms with Crippen LogP contribution in [0.3, 0.4) is 0 Å². The zero-order valence-electron chi connectivity index (χ0n) is 6.73. The lowest BCUT2D eigenvalue weighted by Gasteiger charge is -2.18. The van der Waals surface area contributed by atoms with E-state index < -0.39 is 0 Å². The number of allylic oxidation sites excluding steroid dienone is 8. The van der Waals surface area contributed by atoms with Gasteiger partial charge in [-0.2, -0.15) is 0 Å². The minimum atomic E-state index is 0.628. The van der Waals surface area contributed by atoms with E-state index in [-0.39, 0.29) is 0 Å². The van der Waals surface area contributed by atoms with E-state index >= 15 is 0 Å². The molecule has 0 aromatic heterocycles. The highest BCUT2D eigenvalue weighted by atomic mass is 127. The molecule has 0 aliphatic heterocycles. The monoisotopic (exact) mass is 270 g/mol. The summed E-state index contributed by atoms with van der Waals surface area (Å²) in [7, 11) is 0. The topological polar surface area (TPSA) is 0 Å². The molecule has 0 bridgehead atoms. The number of alkyl halides is 1. The minimum Gasteiger partial charge on any atom is -0.0807 e. The summed E-state index contributed by atoms with van der Waals surface area (Å²) in [5.41, 5.74) is 0. The fraction of sp³-hybridized carbons (Fsp3) is 0.273. The molecule has 0 saturated carbocycles. The first-order chi connectivity index (χ1) is 5.88. The van der Waals surface area contributed by atoms with Crippen molar-refractivity contribution in [3.8, 4) is 0 Å². The molecule has 0 heterocycles. The zero-order chi connectivity index (χ0) is 8.39. The number of hydrogen-bond acceptors (Lipinski definition) is 0. The molecule has 0 aromatic carbocycles. The van der Waals surface area contributed by atoms with Gasteiger partial charge in [0, 0.05) is 15.8 Å². The Bertz CT molecular complexity index is 219. The summed E-state index contributed by atoms with van der Waals surface area (Å²) in [4.78, 5) is 0. The van der Waals surface area contributed by atoms with Gasteiger partial charge >= 0.3 is 0 Å². The van der Waals surface area contributed by atoms with Gasteiger partial charge in [-0.25, -0.2) is 0 Å². The number of hydrogen-bond donors (Lipinski definition) is 0. The van der Waals surface area contributed by atoms with Gasteiger partial charge in [0.15, 0.2) is 0 Å². The molecule has 62 valence electrons. The van der Waals surface area contributed by atoms with Gasteiger partial charge in [-0.3, -0.25) is 0 Å². The van der Waals surface area contributed by atoms with Gasteiger partial charge in [-0.15, -0.1) is 0 Å². The molecule has 12 heavy (non-hydrogen) atoms. The van der Waals surface area contributed by atoms with Crippen LogP contribution in [0.4, 0.5) is 0 Å². The van der Waals surface area contributed by atoms with Gasteiger partial charge in [0.25, 0.3) is 0 Å². The second-order valence-electron chi connectivity index (χ2n) is 3.14. The first kappa shape index (κ1) is 8.30. The van der Waals surface area contributed by atoms with Crippen molar-refractivity contribution in [1.29, 1.82) is 0 Å². The molecule has 2 rings (SSSR count). The Morgan fingerprint density at radius 2 is 1.08 bits per heavy atom. The average Bonchev–Trinajstić information content (AvgIpc) is 2.77. The third kappa shape index (κ3) is 1.56. The Balaban J connectivity index is 2.04. The van der Waals surface area contributed by atoms with Crippen LogP contribution >= 0.6 is 22.6 Å². The van der Waals surface area contributed by atoms with E-state index in [1.807, 2.05) is 0 Å². The van der Waals surface area contributed by atoms with Crippen LogP contribution in [0.2, 0.25) is 0 Å². The Morgan fingerprint density at radius 1 is 0.750 bits per heavy atom. The van der Waals surface area contributed by atoms with E-state index in [9.17, 15) is 0 Å². The highest BCUT2D eigenvalue weighted by Gasteiger charge is 2.22. The third-order valence-electron chi connectivity index (χ3n) is 2.29. The predicted octanol–water partition coefficient (Wildman–Crippen LogP) is 3.27. The summed E-state index contributed by atoms with van der Waals surface area (Å²) in [6, 6.07) is 0. The smallest absolute Gasteiger partial charge is 0.0305 e. The fourth-order valence-corrected chi connectivity index (χ4v) is 2.54. The molecule has 0 fully saturated rings. The molecule has 0 atom stereocenters. The van der Waals surface area contributed by atoms with Crippen LogP contribution in [0.5, 0.6) is 0 Å². The largest absolute Gasteiger partial charge is 0.0807 e. The number of halogens is 1. The van der Waals surface area contributed by atoms with E-state index in [0.29, 0.717) is 15.8 Å². The van der Waals surface area contributed by atoms with Crippen molar-refractivity contribution in [1.82, 2.24) is 0 Å². The molecule has 0 unspecified atom stereocenters. The Hall–Kier alpha value is -0.310. The van der Waals surface area contributed by atoms with E-state index in [4.69, 9.17) is 0 Å². The molecule has 0 radical (unpaired) electrons. The van der Waals surface area contributed by atoms with E-state index in [1.54, 1.807) is 0 Å². The van der Waals surface area contributed by atoms with Crippen LogP contribution in [0.1, 0.15) is 0 Å². The summed E-state index contributed by atoms with van der Waals surface area (Å²) in [6.07, 6.45) is 17.7. The standard InChI is InChI=1S/C11H11I/c12-11(9-5-1-2-6-9)10-7-3-4-8-10/h1-11H. The summed E-state index contributed by atoms with van der Waals surface area (Å²) in [5, 5.41) is 0. The van der Waals surface area contributed by atoms with Crippen molar-refractivity contribution in [2.75, 3.05) is 0 Å². The lowest BCUT2D eigenvalue weighted by molar-refractivity contribution is 0.682. The quantitative estimate of drug-likeness (QED) is 0.533. The van der Waals surface area contributed by atoms with Crippen LogP contribution < -0.4 is 0 Å². The van der Waals surface area contributed by atoms with Gasteiger partial charge in [-0.1, -0.05) is 71.2 Å². The van der Waals surface area contributed by atoms with Crippen molar-refractivity contribution < 1.29 is 0 Å². The second-order valence-corrected chi connectivity index (χ2v) is 4.58. The molecule has 0 spiro atoms. The van der Waals surface area contributed by atoms with Crippen molar-refractivity contribution in [2.45, 2.75) is 3.92 Å². The SMILES string of the molecule is IC(C1C=CC=C1)C1C=CC=C1. The maximum absolute atomic E-state index is 2.54. The first-order valence-corrected chi connectivity index (χ1v) is 5.46. The molecule has 2 aliphatic carbocycles. The molecule has 0 N–H and O–H groups in total. The van der Waals surface area contributed by atoms with Gasteiger partial charge in [0.1, 0.15) is 0 Å². The summed E-state index contributed by atoms with van der Waals surface area (Å²) in [6.45, 7) is 0. The molecular formula is C11H11I. The molecule has 0 saturated heterocycles. The van der Waals surface area contributed by atoms with Crippen molar-refractivity contribution >= 4 is 22.6 Å². The maximum atomic E-state index is 2.54. The van der Waals surface area contributed by atoms with E-state index in [0.717, 1.165) is 0 Å². The van der Waals surface area contributed by atoms with Crippen LogP contribution in [-0.2, 0) is 0 Å². The van der Waals surface area contributed by atoms with Crippen molar-refractivity contribution in [3.63, 3.8) is 0 Å². The van der Waals surface area contributed by atoms with Gasteiger partial charge in [0.05, 0.1) is 0 Å². The normalized spacial score (nSPS) is 22.2. The fourth-order valence-electron chi connectivity index (χ4n) is 1.58. The summed E-state index contributed by atoms with van der Waals surface area (Å²) in [5.74, 6) is 1.26. The Labute approximate surface area is 86.9 Å². The first-order valence-electron chi connectivity index (χ1n) is 4.22. The predicted molar refractivity (Wildman–Crippen MR) is 61.3 cm³/mol. The minimum absolute atomic E-state index is 0.628. The van der Waals surface area contributed by atoms with Crippen molar-refractivity contribution in [3.05, 3.63) is 48.6 Å². The average molecular weight is 270 g/mol. The van der Waals surface area contributed by atoms with Crippen LogP contribution in [0.15, 0.2) is 48.6 Å². The van der Waals surface area contributed by atoms with Crippen LogP contribution in [0, 0.1) is 11.8 Å². The lowest BCUT2D eigenvalue weighted by Crippen LogP contribution is -2.16. The molecular weight excluding hydrogens is 259 g/mol. The lowest BCUT2D eigenvalue weighted by atomic mass is 9.97. The van der Waals surface area contributed by atoms with Crippen molar-refractivity contribution in [2.24, 2.45) is 11.8 Å². The zero-order valence-corrected chi connectivity index (χ0v) is 8.89. The second kappa shape index (κ2) is 3.60. The number of rotatable bonds is 2. The molecule has 1 heteroatoms. The van der Waals surface area contributed by atoms with E-state index in [2.05, 4.69) is 71.2 Å². The van der Waals surface area contributed by atoms with Crippen LogP contribution in [0.25, 0.3) is 0 Å². The molecule has 0 amide bonds. The molecule has 0 aromatic rings. The highest BCUT2D eigenvalue weighted by molar-refractivity contribution is 14.1. The summed E-state index contributed by atoms with van der Waals surface area (Å²) >= 11 is 2.54. The molecule has 2 aliphatic rings. The van der Waals surface area contributed by atoms with Gasteiger partial charge in [-0.05, 0) is 0 Å². The summed E-state index contributed by atoms with van der Waals surface area (Å²) < 4.78 is 0.674. The van der Waals surface area contributed by atoms with Gasteiger partial charge < -0.3 is 0 Å². The van der Waals surface area contributed by atoms with Crippen LogP contribution in [-0.4, -0.2) is 3.92 Å².